The van der Waals surface area contributed by atoms with E-state index in [2.05, 4.69) is 50.3 Å². The van der Waals surface area contributed by atoms with Crippen molar-refractivity contribution in [2.45, 2.75) is 199 Å². The monoisotopic (exact) mass is 661 g/mol. The lowest BCUT2D eigenvalue weighted by atomic mass is 10.0. The topological polar surface area (TPSA) is 85.4 Å². The second kappa shape index (κ2) is 32.6. The van der Waals surface area contributed by atoms with Crippen molar-refractivity contribution in [2.75, 3.05) is 13.2 Å². The molecule has 1 saturated heterocycles. The Balaban J connectivity index is 1.93. The highest BCUT2D eigenvalue weighted by molar-refractivity contribution is 5.70. The first-order chi connectivity index (χ1) is 23.1. The Labute approximate surface area is 289 Å². The van der Waals surface area contributed by atoms with Crippen LogP contribution >= 0.6 is 0 Å². The Bertz CT molecular complexity index is 819. The highest BCUT2D eigenvalue weighted by atomic mass is 16.6. The number of aliphatic hydroxyl groups is 1. The predicted octanol–water partition coefficient (Wildman–Crippen LogP) is 11.1. The number of allylic oxidation sites excluding steroid dienone is 4. The first-order valence-corrected chi connectivity index (χ1v) is 19.7. The average molecular weight is 661 g/mol. The van der Waals surface area contributed by atoms with Crippen LogP contribution in [0.1, 0.15) is 181 Å². The first-order valence-electron chi connectivity index (χ1n) is 19.7. The van der Waals surface area contributed by atoms with Gasteiger partial charge < -0.3 is 19.3 Å². The van der Waals surface area contributed by atoms with Gasteiger partial charge in [-0.1, -0.05) is 153 Å². The summed E-state index contributed by atoms with van der Waals surface area (Å²) in [5.41, 5.74) is 0. The number of esters is 2. The van der Waals surface area contributed by atoms with E-state index in [1.165, 1.54) is 103 Å². The van der Waals surface area contributed by atoms with Crippen LogP contribution in [-0.2, 0) is 23.8 Å². The van der Waals surface area contributed by atoms with E-state index in [1.54, 1.807) is 0 Å². The van der Waals surface area contributed by atoms with Crippen LogP contribution in [0.25, 0.3) is 0 Å². The Morgan fingerprint density at radius 3 is 1.66 bits per heavy atom. The largest absolute Gasteiger partial charge is 0.462 e. The van der Waals surface area contributed by atoms with Crippen molar-refractivity contribution in [1.82, 2.24) is 0 Å². The standard InChI is InChI=1S/C41H72O6/c1-3-5-7-9-11-13-14-15-16-17-18-20-22-24-30-34-41(44)46-37(35-42)36-45-40(43)33-29-26-25-28-32-39-38(47-39)31-27-23-21-19-12-10-8-6-4-2/h12,19,23,25,27-28,37-39,42H,3-11,13-18,20-22,24,26,29-36H2,1-2H3/b19-12-,27-23-,28-25-/t37-,38?,39?/m0/s1. The molecule has 6 heteroatoms. The molecule has 0 spiro atoms. The summed E-state index contributed by atoms with van der Waals surface area (Å²) >= 11 is 0. The zero-order valence-electron chi connectivity index (χ0n) is 30.5. The summed E-state index contributed by atoms with van der Waals surface area (Å²) in [5.74, 6) is -0.661. The number of carbonyl (C=O) groups excluding carboxylic acids is 2. The van der Waals surface area contributed by atoms with E-state index in [0.717, 1.165) is 44.9 Å². The lowest BCUT2D eigenvalue weighted by Crippen LogP contribution is -2.28. The summed E-state index contributed by atoms with van der Waals surface area (Å²) in [4.78, 5) is 24.3. The first kappa shape index (κ1) is 43.1. The molecule has 1 N–H and O–H groups in total. The second-order valence-corrected chi connectivity index (χ2v) is 13.4. The Morgan fingerprint density at radius 1 is 0.596 bits per heavy atom. The van der Waals surface area contributed by atoms with Crippen LogP contribution in [0.2, 0.25) is 0 Å². The van der Waals surface area contributed by atoms with Crippen molar-refractivity contribution in [3.05, 3.63) is 36.5 Å². The van der Waals surface area contributed by atoms with Crippen LogP contribution in [0.4, 0.5) is 0 Å². The van der Waals surface area contributed by atoms with Crippen molar-refractivity contribution < 1.29 is 28.9 Å². The molecule has 0 aromatic carbocycles. The van der Waals surface area contributed by atoms with Crippen LogP contribution < -0.4 is 0 Å². The van der Waals surface area contributed by atoms with E-state index in [9.17, 15) is 14.7 Å². The number of epoxide rings is 1. The Hall–Kier alpha value is -1.92. The van der Waals surface area contributed by atoms with E-state index in [-0.39, 0.29) is 25.2 Å². The smallest absolute Gasteiger partial charge is 0.306 e. The number of hydrogen-bond acceptors (Lipinski definition) is 6. The summed E-state index contributed by atoms with van der Waals surface area (Å²) in [7, 11) is 0. The van der Waals surface area contributed by atoms with Crippen LogP contribution in [0, 0.1) is 0 Å². The van der Waals surface area contributed by atoms with Gasteiger partial charge in [-0.2, -0.15) is 0 Å². The van der Waals surface area contributed by atoms with E-state index < -0.39 is 6.10 Å². The maximum Gasteiger partial charge on any atom is 0.306 e. The van der Waals surface area contributed by atoms with Gasteiger partial charge in [-0.15, -0.1) is 0 Å². The molecule has 1 heterocycles. The van der Waals surface area contributed by atoms with Crippen LogP contribution in [0.15, 0.2) is 36.5 Å². The molecule has 0 bridgehead atoms. The lowest BCUT2D eigenvalue weighted by molar-refractivity contribution is -0.161. The predicted molar refractivity (Wildman–Crippen MR) is 195 cm³/mol. The second-order valence-electron chi connectivity index (χ2n) is 13.4. The van der Waals surface area contributed by atoms with Crippen LogP contribution in [-0.4, -0.2) is 48.6 Å². The van der Waals surface area contributed by atoms with Gasteiger partial charge in [0.1, 0.15) is 6.61 Å². The van der Waals surface area contributed by atoms with Gasteiger partial charge in [-0.3, -0.25) is 9.59 Å². The van der Waals surface area contributed by atoms with Crippen LogP contribution in [0.3, 0.4) is 0 Å². The van der Waals surface area contributed by atoms with Gasteiger partial charge in [-0.05, 0) is 51.4 Å². The van der Waals surface area contributed by atoms with Crippen LogP contribution in [0.5, 0.6) is 0 Å². The van der Waals surface area contributed by atoms with Crippen molar-refractivity contribution in [1.29, 1.82) is 0 Å². The molecule has 1 aliphatic heterocycles. The average Bonchev–Trinajstić information content (AvgIpc) is 3.83. The molecule has 0 radical (unpaired) electrons. The molecule has 1 fully saturated rings. The van der Waals surface area contributed by atoms with Crippen molar-refractivity contribution in [2.24, 2.45) is 0 Å². The zero-order valence-corrected chi connectivity index (χ0v) is 30.5. The molecule has 1 aliphatic rings. The van der Waals surface area contributed by atoms with E-state index in [1.807, 2.05) is 0 Å². The number of rotatable bonds is 34. The molecule has 0 saturated carbocycles. The number of aliphatic hydroxyl groups excluding tert-OH is 1. The van der Waals surface area contributed by atoms with Gasteiger partial charge in [0, 0.05) is 12.8 Å². The lowest BCUT2D eigenvalue weighted by Gasteiger charge is -2.15. The maximum atomic E-state index is 12.2. The summed E-state index contributed by atoms with van der Waals surface area (Å²) in [6, 6.07) is 0. The molecular weight excluding hydrogens is 588 g/mol. The third-order valence-corrected chi connectivity index (χ3v) is 8.84. The Morgan fingerprint density at radius 2 is 1.06 bits per heavy atom. The third-order valence-electron chi connectivity index (χ3n) is 8.84. The molecular formula is C41H72O6. The van der Waals surface area contributed by atoms with Gasteiger partial charge in [0.05, 0.1) is 18.8 Å². The summed E-state index contributed by atoms with van der Waals surface area (Å²) in [6.45, 7) is 4.05. The highest BCUT2D eigenvalue weighted by Crippen LogP contribution is 2.29. The minimum atomic E-state index is -0.795. The summed E-state index contributed by atoms with van der Waals surface area (Å²) in [6.07, 6.45) is 42.3. The number of carbonyl (C=O) groups is 2. The fraction of sp³-hybridized carbons (Fsp3) is 0.805. The van der Waals surface area contributed by atoms with E-state index in [4.69, 9.17) is 14.2 Å². The molecule has 0 aromatic heterocycles. The molecule has 0 amide bonds. The minimum Gasteiger partial charge on any atom is -0.462 e. The summed E-state index contributed by atoms with van der Waals surface area (Å²) in [5, 5.41) is 9.55. The van der Waals surface area contributed by atoms with Gasteiger partial charge >= 0.3 is 11.9 Å². The molecule has 2 unspecified atom stereocenters. The molecule has 272 valence electrons. The molecule has 1 rings (SSSR count). The quantitative estimate of drug-likeness (QED) is 0.0320. The van der Waals surface area contributed by atoms with Crippen molar-refractivity contribution in [3.63, 3.8) is 0 Å². The van der Waals surface area contributed by atoms with E-state index in [0.29, 0.717) is 31.5 Å². The number of ether oxygens (including phenoxy) is 3. The number of hydrogen-bond donors (Lipinski definition) is 1. The normalized spacial score (nSPS) is 16.8. The van der Waals surface area contributed by atoms with Gasteiger partial charge in [0.15, 0.2) is 6.10 Å². The molecule has 0 aromatic rings. The van der Waals surface area contributed by atoms with Gasteiger partial charge in [0.25, 0.3) is 0 Å². The fourth-order valence-electron chi connectivity index (χ4n) is 5.71. The molecule has 47 heavy (non-hydrogen) atoms. The highest BCUT2D eigenvalue weighted by Gasteiger charge is 2.35. The Kier molecular flexibility index (Phi) is 29.9. The third kappa shape index (κ3) is 28.8. The fourth-order valence-corrected chi connectivity index (χ4v) is 5.71. The van der Waals surface area contributed by atoms with Gasteiger partial charge in [-0.25, -0.2) is 0 Å². The maximum absolute atomic E-state index is 12.2. The number of unbranched alkanes of at least 4 members (excludes halogenated alkanes) is 18. The SMILES string of the molecule is CCCCC/C=C\C/C=C\CC1OC1C/C=C\CCCC(=O)OC[C@H](CO)OC(=O)CCCCCCCCCCCCCCCCC. The van der Waals surface area contributed by atoms with Crippen molar-refractivity contribution in [3.8, 4) is 0 Å². The van der Waals surface area contributed by atoms with Gasteiger partial charge in [0.2, 0.25) is 0 Å². The molecule has 6 nitrogen and oxygen atoms in total. The molecule has 0 aliphatic carbocycles. The van der Waals surface area contributed by atoms with E-state index >= 15 is 0 Å². The summed E-state index contributed by atoms with van der Waals surface area (Å²) < 4.78 is 16.3. The molecule has 3 atom stereocenters. The van der Waals surface area contributed by atoms with Crippen molar-refractivity contribution >= 4 is 11.9 Å². The zero-order chi connectivity index (χ0) is 34.0. The minimum absolute atomic E-state index is 0.0974.